The second kappa shape index (κ2) is 9.91. The van der Waals surface area contributed by atoms with Crippen molar-refractivity contribution in [1.29, 1.82) is 0 Å². The van der Waals surface area contributed by atoms with Gasteiger partial charge in [0.1, 0.15) is 17.8 Å². The molecule has 0 spiro atoms. The molecule has 0 unspecified atom stereocenters. The summed E-state index contributed by atoms with van der Waals surface area (Å²) < 4.78 is 0. The van der Waals surface area contributed by atoms with E-state index in [1.54, 1.807) is 39.8 Å². The normalized spacial score (nSPS) is 14.5. The fraction of sp³-hybridized carbons (Fsp3) is 0.526. The monoisotopic (exact) mass is 379 g/mol. The third-order valence-electron chi connectivity index (χ3n) is 4.26. The lowest BCUT2D eigenvalue weighted by Crippen LogP contribution is -2.56. The quantitative estimate of drug-likeness (QED) is 0.426. The number of hydrogen-bond donors (Lipinski definition) is 5. The second-order valence-corrected chi connectivity index (χ2v) is 7.27. The van der Waals surface area contributed by atoms with Crippen LogP contribution in [0.25, 0.3) is 0 Å². The van der Waals surface area contributed by atoms with Gasteiger partial charge in [-0.05, 0) is 29.5 Å². The molecule has 0 saturated carbocycles. The van der Waals surface area contributed by atoms with Gasteiger partial charge in [0.2, 0.25) is 11.8 Å². The summed E-state index contributed by atoms with van der Waals surface area (Å²) in [5.74, 6) is -2.60. The van der Waals surface area contributed by atoms with Crippen LogP contribution >= 0.6 is 0 Å². The van der Waals surface area contributed by atoms with Gasteiger partial charge in [-0.3, -0.25) is 9.59 Å². The maximum atomic E-state index is 12.7. The fourth-order valence-electron chi connectivity index (χ4n) is 2.42. The van der Waals surface area contributed by atoms with Gasteiger partial charge in [-0.15, -0.1) is 0 Å². The summed E-state index contributed by atoms with van der Waals surface area (Å²) in [6.07, 6.45) is 0.132. The molecule has 1 rings (SSSR count). The minimum Gasteiger partial charge on any atom is -0.508 e. The minimum atomic E-state index is -1.15. The number of hydrogen-bond acceptors (Lipinski definition) is 5. The molecule has 1 aromatic carbocycles. The van der Waals surface area contributed by atoms with Crippen LogP contribution in [0.3, 0.4) is 0 Å². The molecule has 0 bridgehead atoms. The number of carboxylic acids is 1. The molecule has 150 valence electrons. The second-order valence-electron chi connectivity index (χ2n) is 7.27. The highest BCUT2D eigenvalue weighted by atomic mass is 16.4. The summed E-state index contributed by atoms with van der Waals surface area (Å²) in [6.45, 7) is 6.94. The largest absolute Gasteiger partial charge is 0.508 e. The van der Waals surface area contributed by atoms with Crippen molar-refractivity contribution in [3.05, 3.63) is 29.8 Å². The van der Waals surface area contributed by atoms with Crippen LogP contribution in [-0.2, 0) is 20.8 Å². The predicted octanol–water partition coefficient (Wildman–Crippen LogP) is 0.628. The van der Waals surface area contributed by atoms with Crippen LogP contribution in [0.2, 0.25) is 0 Å². The number of nitrogens with one attached hydrogen (secondary N) is 2. The molecule has 0 aliphatic rings. The first-order chi connectivity index (χ1) is 12.5. The maximum absolute atomic E-state index is 12.7. The average Bonchev–Trinajstić information content (AvgIpc) is 2.59. The molecule has 0 aromatic heterocycles. The van der Waals surface area contributed by atoms with Crippen LogP contribution in [0.4, 0.5) is 0 Å². The van der Waals surface area contributed by atoms with E-state index in [0.29, 0.717) is 5.56 Å². The van der Waals surface area contributed by atoms with E-state index in [1.807, 2.05) is 0 Å². The molecule has 0 aliphatic heterocycles. The van der Waals surface area contributed by atoms with Gasteiger partial charge in [0.25, 0.3) is 0 Å². The Labute approximate surface area is 159 Å². The van der Waals surface area contributed by atoms with Crippen molar-refractivity contribution in [2.24, 2.45) is 17.6 Å². The summed E-state index contributed by atoms with van der Waals surface area (Å²) in [7, 11) is 0. The molecular formula is C19H29N3O5. The lowest BCUT2D eigenvalue weighted by Gasteiger charge is -2.25. The molecule has 0 fully saturated rings. The van der Waals surface area contributed by atoms with Crippen molar-refractivity contribution in [2.75, 3.05) is 0 Å². The van der Waals surface area contributed by atoms with E-state index in [4.69, 9.17) is 5.73 Å². The Balaban J connectivity index is 3.00. The number of phenolic OH excluding ortho intramolecular Hbond substituents is 1. The van der Waals surface area contributed by atoms with Crippen molar-refractivity contribution < 1.29 is 24.6 Å². The van der Waals surface area contributed by atoms with E-state index in [9.17, 15) is 24.6 Å². The number of amides is 2. The first kappa shape index (κ1) is 22.4. The number of carbonyl (C=O) groups is 3. The lowest BCUT2D eigenvalue weighted by molar-refractivity contribution is -0.143. The van der Waals surface area contributed by atoms with Gasteiger partial charge in [0, 0.05) is 6.42 Å². The number of phenols is 1. The Bertz CT molecular complexity index is 658. The number of rotatable bonds is 9. The smallest absolute Gasteiger partial charge is 0.326 e. The Morgan fingerprint density at radius 3 is 1.96 bits per heavy atom. The molecule has 0 saturated heterocycles. The summed E-state index contributed by atoms with van der Waals surface area (Å²) in [5, 5.41) is 23.8. The highest BCUT2D eigenvalue weighted by Crippen LogP contribution is 2.12. The number of carboxylic acid groups (broad SMARTS) is 1. The number of benzene rings is 1. The summed E-state index contributed by atoms with van der Waals surface area (Å²) in [6, 6.07) is 3.34. The van der Waals surface area contributed by atoms with E-state index in [-0.39, 0.29) is 24.0 Å². The first-order valence-corrected chi connectivity index (χ1v) is 8.90. The highest BCUT2D eigenvalue weighted by Gasteiger charge is 2.30. The summed E-state index contributed by atoms with van der Waals surface area (Å²) in [5.41, 5.74) is 6.55. The molecule has 2 amide bonds. The van der Waals surface area contributed by atoms with Crippen LogP contribution in [0, 0.1) is 11.8 Å². The van der Waals surface area contributed by atoms with Crippen LogP contribution in [-0.4, -0.2) is 46.1 Å². The highest BCUT2D eigenvalue weighted by molar-refractivity contribution is 5.92. The Kier molecular flexibility index (Phi) is 8.24. The Morgan fingerprint density at radius 2 is 1.52 bits per heavy atom. The third-order valence-corrected chi connectivity index (χ3v) is 4.26. The number of carbonyl (C=O) groups excluding carboxylic acids is 2. The first-order valence-electron chi connectivity index (χ1n) is 8.90. The van der Waals surface area contributed by atoms with Gasteiger partial charge in [0.05, 0.1) is 6.04 Å². The van der Waals surface area contributed by atoms with Crippen LogP contribution in [0.5, 0.6) is 5.75 Å². The van der Waals surface area contributed by atoms with Crippen LogP contribution in [0.1, 0.15) is 33.3 Å². The minimum absolute atomic E-state index is 0.0800. The van der Waals surface area contributed by atoms with E-state index in [2.05, 4.69) is 10.6 Å². The van der Waals surface area contributed by atoms with E-state index >= 15 is 0 Å². The van der Waals surface area contributed by atoms with Crippen molar-refractivity contribution in [1.82, 2.24) is 10.6 Å². The maximum Gasteiger partial charge on any atom is 0.326 e. The number of aliphatic carboxylic acids is 1. The van der Waals surface area contributed by atoms with Crippen molar-refractivity contribution in [3.8, 4) is 5.75 Å². The summed E-state index contributed by atoms with van der Waals surface area (Å²) in [4.78, 5) is 36.4. The van der Waals surface area contributed by atoms with E-state index < -0.39 is 35.9 Å². The van der Waals surface area contributed by atoms with Crippen LogP contribution < -0.4 is 16.4 Å². The molecule has 0 radical (unpaired) electrons. The fourth-order valence-corrected chi connectivity index (χ4v) is 2.42. The SMILES string of the molecule is CC(C)[C@H](N)C(=O)N[C@@H](Cc1ccc(O)cc1)C(=O)N[C@@H](C(=O)O)C(C)C. The number of nitrogens with two attached hydrogens (primary N) is 1. The molecule has 0 heterocycles. The lowest BCUT2D eigenvalue weighted by atomic mass is 10.00. The van der Waals surface area contributed by atoms with Gasteiger partial charge in [-0.2, -0.15) is 0 Å². The molecule has 8 nitrogen and oxygen atoms in total. The van der Waals surface area contributed by atoms with E-state index in [0.717, 1.165) is 0 Å². The van der Waals surface area contributed by atoms with Crippen molar-refractivity contribution in [2.45, 2.75) is 52.2 Å². The number of aromatic hydroxyl groups is 1. The molecule has 27 heavy (non-hydrogen) atoms. The zero-order chi connectivity index (χ0) is 20.7. The van der Waals surface area contributed by atoms with Gasteiger partial charge < -0.3 is 26.6 Å². The van der Waals surface area contributed by atoms with Crippen LogP contribution in [0.15, 0.2) is 24.3 Å². The Hall–Kier alpha value is -2.61. The molecule has 3 atom stereocenters. The van der Waals surface area contributed by atoms with Crippen molar-refractivity contribution >= 4 is 17.8 Å². The molecule has 6 N–H and O–H groups in total. The van der Waals surface area contributed by atoms with Gasteiger partial charge >= 0.3 is 5.97 Å². The van der Waals surface area contributed by atoms with Crippen molar-refractivity contribution in [3.63, 3.8) is 0 Å². The third kappa shape index (κ3) is 6.90. The average molecular weight is 379 g/mol. The Morgan fingerprint density at radius 1 is 0.963 bits per heavy atom. The zero-order valence-electron chi connectivity index (χ0n) is 16.1. The molecular weight excluding hydrogens is 350 g/mol. The van der Waals surface area contributed by atoms with Gasteiger partial charge in [-0.25, -0.2) is 4.79 Å². The standard InChI is InChI=1S/C19H29N3O5/c1-10(2)15(20)18(25)21-14(9-12-5-7-13(23)8-6-12)17(24)22-16(11(3)4)19(26)27/h5-8,10-11,14-16,23H,9,20H2,1-4H3,(H,21,25)(H,22,24)(H,26,27)/t14-,15-,16+/m0/s1. The van der Waals surface area contributed by atoms with Gasteiger partial charge in [-0.1, -0.05) is 39.8 Å². The predicted molar refractivity (Wildman–Crippen MR) is 101 cm³/mol. The zero-order valence-corrected chi connectivity index (χ0v) is 16.1. The molecule has 1 aromatic rings. The topological polar surface area (TPSA) is 142 Å². The molecule has 0 aliphatic carbocycles. The van der Waals surface area contributed by atoms with Gasteiger partial charge in [0.15, 0.2) is 0 Å². The van der Waals surface area contributed by atoms with E-state index in [1.165, 1.54) is 12.1 Å². The summed E-state index contributed by atoms with van der Waals surface area (Å²) >= 11 is 0. The molecule has 8 heteroatoms.